The summed E-state index contributed by atoms with van der Waals surface area (Å²) in [5, 5.41) is 8.89. The Morgan fingerprint density at radius 1 is 1.27 bits per heavy atom. The predicted octanol–water partition coefficient (Wildman–Crippen LogP) is 3.19. The molecule has 1 saturated heterocycles. The lowest BCUT2D eigenvalue weighted by molar-refractivity contribution is -0.140. The van der Waals surface area contributed by atoms with Gasteiger partial charge in [0, 0.05) is 12.6 Å². The van der Waals surface area contributed by atoms with E-state index in [0.717, 1.165) is 40.2 Å². The van der Waals surface area contributed by atoms with E-state index in [4.69, 9.17) is 22.1 Å². The van der Waals surface area contributed by atoms with Gasteiger partial charge in [-0.15, -0.1) is 0 Å². The average molecular weight is 390 g/mol. The van der Waals surface area contributed by atoms with Crippen LogP contribution in [0.5, 0.6) is 5.75 Å². The smallest absolute Gasteiger partial charge is 0.323 e. The molecule has 0 saturated carbocycles. The lowest BCUT2D eigenvalue weighted by Gasteiger charge is -2.15. The summed E-state index contributed by atoms with van der Waals surface area (Å²) in [6.45, 7) is 6.40. The Labute approximate surface area is 161 Å². The van der Waals surface area contributed by atoms with Crippen LogP contribution in [0.1, 0.15) is 18.1 Å². The van der Waals surface area contributed by atoms with E-state index in [0.29, 0.717) is 10.8 Å². The van der Waals surface area contributed by atoms with Crippen molar-refractivity contribution >= 4 is 45.9 Å². The summed E-state index contributed by atoms with van der Waals surface area (Å²) >= 11 is 6.19. The van der Waals surface area contributed by atoms with E-state index in [1.165, 1.54) is 5.56 Å². The molecule has 0 aliphatic carbocycles. The van der Waals surface area contributed by atoms with Gasteiger partial charge in [0.1, 0.15) is 10.9 Å². The van der Waals surface area contributed by atoms with Gasteiger partial charge in [0.2, 0.25) is 5.88 Å². The van der Waals surface area contributed by atoms with Crippen molar-refractivity contribution in [2.75, 3.05) is 18.0 Å². The molecule has 6 nitrogen and oxygen atoms in total. The first kappa shape index (κ1) is 18.5. The molecule has 136 valence electrons. The summed E-state index contributed by atoms with van der Waals surface area (Å²) in [6.07, 6.45) is 3.35. The first-order valence-electron chi connectivity index (χ1n) is 8.06. The molecule has 1 N–H and O–H groups in total. The van der Waals surface area contributed by atoms with Gasteiger partial charge in [0.15, 0.2) is 5.75 Å². The van der Waals surface area contributed by atoms with Gasteiger partial charge in [-0.25, -0.2) is 0 Å². The monoisotopic (exact) mass is 390 g/mol. The Kier molecular flexibility index (Phi) is 5.06. The summed E-state index contributed by atoms with van der Waals surface area (Å²) < 4.78 is 6.19. The zero-order valence-electron chi connectivity index (χ0n) is 14.6. The molecule has 1 amide bonds. The Hall–Kier alpha value is -2.32. The van der Waals surface area contributed by atoms with Gasteiger partial charge in [-0.2, -0.15) is 0 Å². The number of aryl methyl sites for hydroxylation is 2. The van der Waals surface area contributed by atoms with Crippen LogP contribution < -0.4 is 9.64 Å². The van der Waals surface area contributed by atoms with Crippen LogP contribution in [0.4, 0.5) is 5.69 Å². The van der Waals surface area contributed by atoms with Gasteiger partial charge in [-0.3, -0.25) is 14.5 Å². The molecule has 1 aromatic carbocycles. The lowest BCUT2D eigenvalue weighted by atomic mass is 10.1. The molecule has 26 heavy (non-hydrogen) atoms. The zero-order valence-corrected chi connectivity index (χ0v) is 16.2. The van der Waals surface area contributed by atoms with Crippen LogP contribution in [-0.2, 0) is 9.59 Å². The topological polar surface area (TPSA) is 70.1 Å². The number of benzene rings is 1. The highest BCUT2D eigenvalue weighted by molar-refractivity contribution is 8.26. The molecule has 0 atom stereocenters. The van der Waals surface area contributed by atoms with E-state index in [9.17, 15) is 9.59 Å². The molecule has 0 aromatic heterocycles. The Balaban J connectivity index is 1.87. The molecular formula is C18H18N2O4S2. The molecule has 2 heterocycles. The Morgan fingerprint density at radius 2 is 1.96 bits per heavy atom. The number of carbonyl (C=O) groups excluding carboxylic acids is 1. The molecule has 3 rings (SSSR count). The van der Waals surface area contributed by atoms with E-state index in [2.05, 4.69) is 13.0 Å². The molecule has 0 radical (unpaired) electrons. The van der Waals surface area contributed by atoms with Gasteiger partial charge in [-0.05, 0) is 50.1 Å². The maximum atomic E-state index is 12.3. The SMILES string of the molecule is CCN1/C(=C/C=C2\SC(=S)N(CC(=O)O)C2=O)Oc2cc(C)c(C)cc21. The van der Waals surface area contributed by atoms with E-state index in [1.807, 2.05) is 24.8 Å². The predicted molar refractivity (Wildman–Crippen MR) is 105 cm³/mol. The molecule has 2 aliphatic heterocycles. The molecular weight excluding hydrogens is 372 g/mol. The second kappa shape index (κ2) is 7.13. The molecule has 2 aliphatic rings. The summed E-state index contributed by atoms with van der Waals surface area (Å²) in [4.78, 5) is 26.7. The number of fused-ring (bicyclic) bond motifs is 1. The fourth-order valence-electron chi connectivity index (χ4n) is 2.74. The fourth-order valence-corrected chi connectivity index (χ4v) is 3.93. The second-order valence-electron chi connectivity index (χ2n) is 5.94. The number of hydrogen-bond acceptors (Lipinski definition) is 6. The molecule has 0 bridgehead atoms. The first-order valence-corrected chi connectivity index (χ1v) is 9.28. The number of carboxylic acid groups (broad SMARTS) is 1. The van der Waals surface area contributed by atoms with Gasteiger partial charge < -0.3 is 14.7 Å². The van der Waals surface area contributed by atoms with Crippen LogP contribution in [0.25, 0.3) is 0 Å². The number of anilines is 1. The fraction of sp³-hybridized carbons (Fsp3) is 0.278. The van der Waals surface area contributed by atoms with Crippen molar-refractivity contribution in [2.24, 2.45) is 0 Å². The maximum absolute atomic E-state index is 12.3. The minimum absolute atomic E-state index is 0.247. The number of ether oxygens (including phenoxy) is 1. The number of thioether (sulfide) groups is 1. The first-order chi connectivity index (χ1) is 12.3. The summed E-state index contributed by atoms with van der Waals surface area (Å²) in [5.41, 5.74) is 3.32. The van der Waals surface area contributed by atoms with Crippen LogP contribution in [0.2, 0.25) is 0 Å². The van der Waals surface area contributed by atoms with Crippen molar-refractivity contribution < 1.29 is 19.4 Å². The van der Waals surface area contributed by atoms with E-state index in [-0.39, 0.29) is 4.32 Å². The maximum Gasteiger partial charge on any atom is 0.323 e. The van der Waals surface area contributed by atoms with Crippen molar-refractivity contribution in [3.05, 3.63) is 46.2 Å². The Bertz CT molecular complexity index is 876. The van der Waals surface area contributed by atoms with Gasteiger partial charge >= 0.3 is 5.97 Å². The van der Waals surface area contributed by atoms with E-state index < -0.39 is 18.4 Å². The van der Waals surface area contributed by atoms with Crippen LogP contribution in [0.3, 0.4) is 0 Å². The number of nitrogens with zero attached hydrogens (tertiary/aromatic N) is 2. The molecule has 0 unspecified atom stereocenters. The standard InChI is InChI=1S/C18H18N2O4S2/c1-4-19-12-7-10(2)11(3)8-13(12)24-15(19)6-5-14-17(23)20(9-16(21)22)18(25)26-14/h5-8H,4,9H2,1-3H3,(H,21,22)/b14-5-,15-6-. The third kappa shape index (κ3) is 3.34. The normalized spacial score (nSPS) is 19.5. The van der Waals surface area contributed by atoms with Crippen molar-refractivity contribution in [2.45, 2.75) is 20.8 Å². The minimum Gasteiger partial charge on any atom is -0.480 e. The number of allylic oxidation sites excluding steroid dienone is 2. The molecule has 1 fully saturated rings. The van der Waals surface area contributed by atoms with Crippen molar-refractivity contribution in [3.8, 4) is 5.75 Å². The Morgan fingerprint density at radius 3 is 2.62 bits per heavy atom. The third-order valence-electron chi connectivity index (χ3n) is 4.21. The second-order valence-corrected chi connectivity index (χ2v) is 7.62. The van der Waals surface area contributed by atoms with E-state index in [1.54, 1.807) is 12.2 Å². The quantitative estimate of drug-likeness (QED) is 0.625. The number of thiocarbonyl (C=S) groups is 1. The average Bonchev–Trinajstić information content (AvgIpc) is 3.04. The highest BCUT2D eigenvalue weighted by Gasteiger charge is 2.33. The van der Waals surface area contributed by atoms with Crippen LogP contribution in [-0.4, -0.2) is 39.3 Å². The van der Waals surface area contributed by atoms with Crippen LogP contribution in [0, 0.1) is 13.8 Å². The molecule has 8 heteroatoms. The van der Waals surface area contributed by atoms with E-state index >= 15 is 0 Å². The van der Waals surface area contributed by atoms with Crippen molar-refractivity contribution in [1.29, 1.82) is 0 Å². The zero-order chi connectivity index (χ0) is 19.0. The minimum atomic E-state index is -1.10. The van der Waals surface area contributed by atoms with Gasteiger partial charge in [0.05, 0.1) is 10.6 Å². The van der Waals surface area contributed by atoms with Crippen LogP contribution in [0.15, 0.2) is 35.1 Å². The number of rotatable bonds is 4. The summed E-state index contributed by atoms with van der Waals surface area (Å²) in [6, 6.07) is 4.09. The van der Waals surface area contributed by atoms with Crippen molar-refractivity contribution in [1.82, 2.24) is 4.90 Å². The highest BCUT2D eigenvalue weighted by Crippen LogP contribution is 2.41. The van der Waals surface area contributed by atoms with Crippen LogP contribution >= 0.6 is 24.0 Å². The lowest BCUT2D eigenvalue weighted by Crippen LogP contribution is -2.33. The number of carbonyl (C=O) groups is 2. The summed E-state index contributed by atoms with van der Waals surface area (Å²) in [5.74, 6) is -0.0908. The number of carboxylic acids is 1. The van der Waals surface area contributed by atoms with Gasteiger partial charge in [-0.1, -0.05) is 24.0 Å². The largest absolute Gasteiger partial charge is 0.480 e. The molecule has 1 aromatic rings. The van der Waals surface area contributed by atoms with Crippen molar-refractivity contribution in [3.63, 3.8) is 0 Å². The number of aliphatic carboxylic acids is 1. The highest BCUT2D eigenvalue weighted by atomic mass is 32.2. The number of amides is 1. The molecule has 0 spiro atoms. The van der Waals surface area contributed by atoms with Gasteiger partial charge in [0.25, 0.3) is 5.91 Å². The summed E-state index contributed by atoms with van der Waals surface area (Å²) in [7, 11) is 0. The number of hydrogen-bond donors (Lipinski definition) is 1. The third-order valence-corrected chi connectivity index (χ3v) is 5.60.